The van der Waals surface area contributed by atoms with Gasteiger partial charge in [0.25, 0.3) is 5.56 Å². The first-order chi connectivity index (χ1) is 14.3. The first-order valence-electron chi connectivity index (χ1n) is 9.39. The van der Waals surface area contributed by atoms with E-state index in [2.05, 4.69) is 26.0 Å². The average molecular weight is 468 g/mol. The fourth-order valence-electron chi connectivity index (χ4n) is 2.91. The molecule has 0 aliphatic rings. The van der Waals surface area contributed by atoms with Gasteiger partial charge in [-0.25, -0.2) is 4.98 Å². The maximum absolute atomic E-state index is 13.1. The van der Waals surface area contributed by atoms with Crippen molar-refractivity contribution in [3.63, 3.8) is 0 Å². The van der Waals surface area contributed by atoms with Crippen LogP contribution in [0.5, 0.6) is 5.75 Å². The van der Waals surface area contributed by atoms with E-state index in [-0.39, 0.29) is 18.1 Å². The number of hydrogen-bond acceptors (Lipinski definition) is 6. The predicted molar refractivity (Wildman–Crippen MR) is 123 cm³/mol. The number of hydrogen-bond donors (Lipinski definition) is 0. The summed E-state index contributed by atoms with van der Waals surface area (Å²) in [5.74, 6) is 1.07. The maximum atomic E-state index is 13.1. The van der Waals surface area contributed by atoms with E-state index in [1.165, 1.54) is 4.68 Å². The van der Waals surface area contributed by atoms with Crippen molar-refractivity contribution in [1.29, 1.82) is 5.26 Å². The van der Waals surface area contributed by atoms with Crippen LogP contribution in [0.2, 0.25) is 0 Å². The Morgan fingerprint density at radius 2 is 2.07 bits per heavy atom. The zero-order valence-corrected chi connectivity index (χ0v) is 18.8. The maximum Gasteiger partial charge on any atom is 0.282 e. The number of nitrogens with zero attached hydrogens (tertiary/aromatic N) is 5. The molecule has 0 N–H and O–H groups in total. The molecular formula is C22H22BrN5O2. The topological polar surface area (TPSA) is 83.5 Å². The molecule has 0 atom stereocenters. The van der Waals surface area contributed by atoms with Crippen molar-refractivity contribution in [2.75, 3.05) is 25.6 Å². The van der Waals surface area contributed by atoms with Crippen LogP contribution in [-0.4, -0.2) is 36.6 Å². The monoisotopic (exact) mass is 467 g/mol. The largest absolute Gasteiger partial charge is 0.478 e. The molecule has 0 saturated carbocycles. The molecule has 0 spiro atoms. The van der Waals surface area contributed by atoms with Crippen LogP contribution in [0.1, 0.15) is 31.2 Å². The Bertz CT molecular complexity index is 1210. The SMILES string of the molecule is CC(C)c1nc2ccc(Br)cc2c(=O)n1N=Cc1ccc(N(C)C)cc1OCC#N. The highest BCUT2D eigenvalue weighted by Gasteiger charge is 2.14. The summed E-state index contributed by atoms with van der Waals surface area (Å²) in [5, 5.41) is 13.8. The molecule has 2 aromatic carbocycles. The number of aromatic nitrogens is 2. The van der Waals surface area contributed by atoms with Crippen molar-refractivity contribution in [1.82, 2.24) is 9.66 Å². The molecule has 1 aromatic heterocycles. The summed E-state index contributed by atoms with van der Waals surface area (Å²) in [6.45, 7) is 3.85. The molecule has 0 fully saturated rings. The van der Waals surface area contributed by atoms with Crippen LogP contribution in [0.15, 0.2) is 50.8 Å². The van der Waals surface area contributed by atoms with Crippen LogP contribution in [0.25, 0.3) is 10.9 Å². The van der Waals surface area contributed by atoms with Gasteiger partial charge in [-0.2, -0.15) is 15.0 Å². The van der Waals surface area contributed by atoms with Gasteiger partial charge < -0.3 is 9.64 Å². The van der Waals surface area contributed by atoms with E-state index >= 15 is 0 Å². The summed E-state index contributed by atoms with van der Waals surface area (Å²) in [6.07, 6.45) is 1.56. The summed E-state index contributed by atoms with van der Waals surface area (Å²) in [7, 11) is 3.84. The van der Waals surface area contributed by atoms with Crippen molar-refractivity contribution in [2.24, 2.45) is 5.10 Å². The fourth-order valence-corrected chi connectivity index (χ4v) is 3.28. The normalized spacial score (nSPS) is 11.2. The summed E-state index contributed by atoms with van der Waals surface area (Å²) >= 11 is 3.41. The third-order valence-electron chi connectivity index (χ3n) is 4.47. The number of benzene rings is 2. The van der Waals surface area contributed by atoms with Gasteiger partial charge >= 0.3 is 0 Å². The third-order valence-corrected chi connectivity index (χ3v) is 4.96. The first-order valence-corrected chi connectivity index (χ1v) is 10.2. The summed E-state index contributed by atoms with van der Waals surface area (Å²) in [6, 6.07) is 13.0. The Hall–Kier alpha value is -3.18. The van der Waals surface area contributed by atoms with Gasteiger partial charge in [0.1, 0.15) is 17.6 Å². The van der Waals surface area contributed by atoms with Crippen LogP contribution >= 0.6 is 15.9 Å². The van der Waals surface area contributed by atoms with Crippen molar-refractivity contribution >= 4 is 38.7 Å². The van der Waals surface area contributed by atoms with Crippen molar-refractivity contribution < 1.29 is 4.74 Å². The fraction of sp³-hybridized carbons (Fsp3) is 0.273. The van der Waals surface area contributed by atoms with E-state index in [9.17, 15) is 4.79 Å². The predicted octanol–water partition coefficient (Wildman–Crippen LogP) is 4.13. The summed E-state index contributed by atoms with van der Waals surface area (Å²) in [5.41, 5.74) is 1.97. The molecule has 8 heteroatoms. The summed E-state index contributed by atoms with van der Waals surface area (Å²) < 4.78 is 7.70. The molecule has 0 unspecified atom stereocenters. The molecule has 3 rings (SSSR count). The molecule has 0 aliphatic carbocycles. The average Bonchev–Trinajstić information content (AvgIpc) is 2.71. The minimum absolute atomic E-state index is 0.00618. The molecule has 1 heterocycles. The lowest BCUT2D eigenvalue weighted by Gasteiger charge is -2.15. The van der Waals surface area contributed by atoms with E-state index in [4.69, 9.17) is 10.00 Å². The van der Waals surface area contributed by atoms with E-state index < -0.39 is 0 Å². The Morgan fingerprint density at radius 3 is 2.73 bits per heavy atom. The molecule has 30 heavy (non-hydrogen) atoms. The second-order valence-electron chi connectivity index (χ2n) is 7.21. The van der Waals surface area contributed by atoms with Gasteiger partial charge in [0.2, 0.25) is 0 Å². The number of rotatable bonds is 6. The number of nitriles is 1. The van der Waals surface area contributed by atoms with Crippen LogP contribution < -0.4 is 15.2 Å². The lowest BCUT2D eigenvalue weighted by atomic mass is 10.2. The molecular weight excluding hydrogens is 446 g/mol. The smallest absolute Gasteiger partial charge is 0.282 e. The van der Waals surface area contributed by atoms with Gasteiger partial charge in [-0.15, -0.1) is 0 Å². The van der Waals surface area contributed by atoms with Crippen molar-refractivity contribution in [3.05, 3.63) is 62.6 Å². The van der Waals surface area contributed by atoms with Crippen LogP contribution in [0, 0.1) is 11.3 Å². The highest BCUT2D eigenvalue weighted by molar-refractivity contribution is 9.10. The Labute approximate surface area is 183 Å². The lowest BCUT2D eigenvalue weighted by Crippen LogP contribution is -2.23. The molecule has 0 bridgehead atoms. The zero-order valence-electron chi connectivity index (χ0n) is 17.3. The van der Waals surface area contributed by atoms with Gasteiger partial charge in [0, 0.05) is 41.8 Å². The standard InChI is InChI=1S/C22H22BrN5O2/c1-14(2)21-26-19-8-6-16(23)11-18(19)22(29)28(21)25-13-15-5-7-17(27(3)4)12-20(15)30-10-9-24/h5-8,11-14H,10H2,1-4H3. The lowest BCUT2D eigenvalue weighted by molar-refractivity contribution is 0.367. The van der Waals surface area contributed by atoms with Gasteiger partial charge in [-0.1, -0.05) is 29.8 Å². The Morgan fingerprint density at radius 1 is 1.30 bits per heavy atom. The van der Waals surface area contributed by atoms with Gasteiger partial charge in [0.05, 0.1) is 17.1 Å². The molecule has 0 radical (unpaired) electrons. The number of ether oxygens (including phenoxy) is 1. The molecule has 154 valence electrons. The van der Waals surface area contributed by atoms with E-state index in [1.807, 2.05) is 69.2 Å². The van der Waals surface area contributed by atoms with Crippen LogP contribution in [-0.2, 0) is 0 Å². The highest BCUT2D eigenvalue weighted by atomic mass is 79.9. The van der Waals surface area contributed by atoms with E-state index in [1.54, 1.807) is 12.3 Å². The molecule has 0 amide bonds. The van der Waals surface area contributed by atoms with E-state index in [0.29, 0.717) is 28.0 Å². The van der Waals surface area contributed by atoms with Gasteiger partial charge in [-0.05, 0) is 30.3 Å². The van der Waals surface area contributed by atoms with Crippen molar-refractivity contribution in [3.8, 4) is 11.8 Å². The Balaban J connectivity index is 2.13. The zero-order chi connectivity index (χ0) is 21.8. The minimum atomic E-state index is -0.245. The summed E-state index contributed by atoms with van der Waals surface area (Å²) in [4.78, 5) is 19.7. The van der Waals surface area contributed by atoms with Crippen molar-refractivity contribution in [2.45, 2.75) is 19.8 Å². The molecule has 0 aliphatic heterocycles. The van der Waals surface area contributed by atoms with Gasteiger partial charge in [0.15, 0.2) is 6.61 Å². The van der Waals surface area contributed by atoms with E-state index in [0.717, 1.165) is 10.2 Å². The first kappa shape index (κ1) is 21.5. The molecule has 0 saturated heterocycles. The second-order valence-corrected chi connectivity index (χ2v) is 8.13. The van der Waals surface area contributed by atoms with Crippen LogP contribution in [0.3, 0.4) is 0 Å². The molecule has 3 aromatic rings. The van der Waals surface area contributed by atoms with Gasteiger partial charge in [-0.3, -0.25) is 4.79 Å². The third kappa shape index (κ3) is 4.52. The number of fused-ring (bicyclic) bond motifs is 1. The highest BCUT2D eigenvalue weighted by Crippen LogP contribution is 2.24. The molecule has 7 nitrogen and oxygen atoms in total. The number of anilines is 1. The Kier molecular flexibility index (Phi) is 6.53. The van der Waals surface area contributed by atoms with Crippen LogP contribution in [0.4, 0.5) is 5.69 Å². The quantitative estimate of drug-likeness (QED) is 0.508. The number of halogens is 1. The minimum Gasteiger partial charge on any atom is -0.478 e. The second kappa shape index (κ2) is 9.09.